The zero-order valence-electron chi connectivity index (χ0n) is 8.85. The molecule has 1 heterocycles. The Labute approximate surface area is 113 Å². The Morgan fingerprint density at radius 3 is 2.47 bits per heavy atom. The van der Waals surface area contributed by atoms with Crippen LogP contribution in [0.1, 0.15) is 5.56 Å². The zero-order valence-corrected chi connectivity index (χ0v) is 11.1. The van der Waals surface area contributed by atoms with Crippen LogP contribution >= 0.6 is 34.8 Å². The van der Waals surface area contributed by atoms with E-state index in [0.717, 1.165) is 11.1 Å². The first-order valence-corrected chi connectivity index (χ1v) is 5.96. The fourth-order valence-electron chi connectivity index (χ4n) is 1.59. The third kappa shape index (κ3) is 2.49. The maximum absolute atomic E-state index is 11.3. The topological polar surface area (TPSA) is 32.9 Å². The fourth-order valence-corrected chi connectivity index (χ4v) is 2.29. The van der Waals surface area contributed by atoms with Gasteiger partial charge in [0.25, 0.3) is 0 Å². The Hall–Kier alpha value is -0.960. The van der Waals surface area contributed by atoms with E-state index in [2.05, 4.69) is 4.98 Å². The Morgan fingerprint density at radius 2 is 1.76 bits per heavy atom. The van der Waals surface area contributed by atoms with Gasteiger partial charge in [0, 0.05) is 22.8 Å². The molecule has 0 aliphatic carbocycles. The highest BCUT2D eigenvalue weighted by atomic mass is 35.5. The number of H-pyrrole nitrogens is 1. The third-order valence-electron chi connectivity index (χ3n) is 2.41. The highest BCUT2D eigenvalue weighted by Gasteiger charge is 2.11. The van der Waals surface area contributed by atoms with E-state index in [1.54, 1.807) is 18.3 Å². The maximum atomic E-state index is 11.3. The maximum Gasteiger partial charge on any atom is 0.248 e. The van der Waals surface area contributed by atoms with Crippen molar-refractivity contribution < 1.29 is 0 Å². The number of pyridine rings is 1. The van der Waals surface area contributed by atoms with Crippen LogP contribution in [0, 0.1) is 6.92 Å². The molecule has 2 aromatic rings. The molecule has 17 heavy (non-hydrogen) atoms. The van der Waals surface area contributed by atoms with Gasteiger partial charge in [0.05, 0.1) is 10.0 Å². The lowest BCUT2D eigenvalue weighted by atomic mass is 10.0. The molecule has 0 amide bonds. The van der Waals surface area contributed by atoms with Gasteiger partial charge in [-0.05, 0) is 30.2 Å². The third-order valence-corrected chi connectivity index (χ3v) is 3.43. The molecule has 1 aromatic heterocycles. The Bertz CT molecular complexity index is 634. The first kappa shape index (κ1) is 12.5. The summed E-state index contributed by atoms with van der Waals surface area (Å²) in [7, 11) is 0. The summed E-state index contributed by atoms with van der Waals surface area (Å²) in [6, 6.07) is 4.73. The van der Waals surface area contributed by atoms with Crippen molar-refractivity contribution >= 4 is 34.8 Å². The van der Waals surface area contributed by atoms with E-state index < -0.39 is 0 Å². The van der Waals surface area contributed by atoms with Crippen molar-refractivity contribution in [3.63, 3.8) is 0 Å². The molecule has 2 nitrogen and oxygen atoms in total. The summed E-state index contributed by atoms with van der Waals surface area (Å²) in [5, 5.41) is 1.24. The molecule has 0 aliphatic rings. The standard InChI is InChI=1S/C12H8Cl3NO/c1-6-5-16-11(17)4-8(6)9-2-7(13)3-10(14)12(9)15/h2-5H,1H3,(H,16,17). The molecule has 0 saturated heterocycles. The quantitative estimate of drug-likeness (QED) is 0.779. The smallest absolute Gasteiger partial charge is 0.248 e. The average Bonchev–Trinajstić information content (AvgIpc) is 2.27. The molecule has 0 saturated carbocycles. The number of hydrogen-bond acceptors (Lipinski definition) is 1. The average molecular weight is 289 g/mol. The van der Waals surface area contributed by atoms with Gasteiger partial charge < -0.3 is 4.98 Å². The number of aromatic nitrogens is 1. The van der Waals surface area contributed by atoms with Crippen molar-refractivity contribution in [3.05, 3.63) is 55.4 Å². The molecule has 5 heteroatoms. The van der Waals surface area contributed by atoms with Crippen LogP contribution in [0.3, 0.4) is 0 Å². The SMILES string of the molecule is Cc1c[nH]c(=O)cc1-c1cc(Cl)cc(Cl)c1Cl. The number of benzene rings is 1. The molecular weight excluding hydrogens is 280 g/mol. The van der Waals surface area contributed by atoms with Crippen molar-refractivity contribution in [2.24, 2.45) is 0 Å². The van der Waals surface area contributed by atoms with E-state index in [1.165, 1.54) is 6.07 Å². The summed E-state index contributed by atoms with van der Waals surface area (Å²) >= 11 is 18.0. The van der Waals surface area contributed by atoms with Gasteiger partial charge in [0.2, 0.25) is 5.56 Å². The van der Waals surface area contributed by atoms with Crippen LogP contribution in [-0.2, 0) is 0 Å². The van der Waals surface area contributed by atoms with Gasteiger partial charge in [0.15, 0.2) is 0 Å². The lowest BCUT2D eigenvalue weighted by Crippen LogP contribution is -2.04. The van der Waals surface area contributed by atoms with Crippen molar-refractivity contribution in [1.82, 2.24) is 4.98 Å². The van der Waals surface area contributed by atoms with Crippen LogP contribution in [0.25, 0.3) is 11.1 Å². The number of hydrogen-bond donors (Lipinski definition) is 1. The molecule has 0 aliphatic heterocycles. The number of halogens is 3. The van der Waals surface area contributed by atoms with Crippen LogP contribution in [0.15, 0.2) is 29.2 Å². The summed E-state index contributed by atoms with van der Waals surface area (Å²) in [4.78, 5) is 13.9. The first-order chi connectivity index (χ1) is 7.99. The van der Waals surface area contributed by atoms with Crippen molar-refractivity contribution in [2.75, 3.05) is 0 Å². The van der Waals surface area contributed by atoms with Crippen molar-refractivity contribution in [1.29, 1.82) is 0 Å². The summed E-state index contributed by atoms with van der Waals surface area (Å²) in [5.41, 5.74) is 2.08. The fraction of sp³-hybridized carbons (Fsp3) is 0.0833. The van der Waals surface area contributed by atoms with Crippen LogP contribution in [0.2, 0.25) is 15.1 Å². The van der Waals surface area contributed by atoms with Crippen LogP contribution in [0.4, 0.5) is 0 Å². The predicted molar refractivity (Wildman–Crippen MR) is 72.3 cm³/mol. The van der Waals surface area contributed by atoms with Crippen LogP contribution < -0.4 is 5.56 Å². The molecule has 0 bridgehead atoms. The summed E-state index contributed by atoms with van der Waals surface area (Å²) in [5.74, 6) is 0. The number of nitrogens with one attached hydrogen (secondary N) is 1. The number of aryl methyl sites for hydroxylation is 1. The molecule has 0 unspecified atom stereocenters. The van der Waals surface area contributed by atoms with Gasteiger partial charge in [-0.2, -0.15) is 0 Å². The second-order valence-corrected chi connectivity index (χ2v) is 4.86. The predicted octanol–water partition coefficient (Wildman–Crippen LogP) is 4.31. The van der Waals surface area contributed by atoms with E-state index in [1.807, 2.05) is 6.92 Å². The minimum Gasteiger partial charge on any atom is -0.329 e. The summed E-state index contributed by atoms with van der Waals surface area (Å²) in [6.07, 6.45) is 1.63. The van der Waals surface area contributed by atoms with E-state index in [-0.39, 0.29) is 5.56 Å². The van der Waals surface area contributed by atoms with Gasteiger partial charge in [-0.15, -0.1) is 0 Å². The van der Waals surface area contributed by atoms with Crippen molar-refractivity contribution in [3.8, 4) is 11.1 Å². The normalized spacial score (nSPS) is 10.6. The Morgan fingerprint density at radius 1 is 1.06 bits per heavy atom. The second-order valence-electron chi connectivity index (χ2n) is 3.64. The van der Waals surface area contributed by atoms with E-state index in [4.69, 9.17) is 34.8 Å². The molecule has 0 spiro atoms. The monoisotopic (exact) mass is 287 g/mol. The van der Waals surface area contributed by atoms with E-state index in [9.17, 15) is 4.79 Å². The molecule has 0 atom stereocenters. The lowest BCUT2D eigenvalue weighted by molar-refractivity contribution is 1.20. The van der Waals surface area contributed by atoms with E-state index in [0.29, 0.717) is 20.6 Å². The number of rotatable bonds is 1. The minimum absolute atomic E-state index is 0.197. The van der Waals surface area contributed by atoms with Crippen molar-refractivity contribution in [2.45, 2.75) is 6.92 Å². The highest BCUT2D eigenvalue weighted by Crippen LogP contribution is 2.36. The second kappa shape index (κ2) is 4.73. The van der Waals surface area contributed by atoms with Crippen LogP contribution in [0.5, 0.6) is 0 Å². The Balaban J connectivity index is 2.76. The minimum atomic E-state index is -0.197. The molecule has 1 aromatic carbocycles. The largest absolute Gasteiger partial charge is 0.329 e. The first-order valence-electron chi connectivity index (χ1n) is 4.83. The zero-order chi connectivity index (χ0) is 12.6. The molecule has 2 rings (SSSR count). The molecule has 0 radical (unpaired) electrons. The van der Waals surface area contributed by atoms with Gasteiger partial charge in [0.1, 0.15) is 0 Å². The lowest BCUT2D eigenvalue weighted by Gasteiger charge is -2.09. The van der Waals surface area contributed by atoms with Gasteiger partial charge in [-0.3, -0.25) is 4.79 Å². The van der Waals surface area contributed by atoms with Crippen LogP contribution in [-0.4, -0.2) is 4.98 Å². The molecule has 0 fully saturated rings. The molecule has 1 N–H and O–H groups in total. The van der Waals surface area contributed by atoms with E-state index >= 15 is 0 Å². The highest BCUT2D eigenvalue weighted by molar-refractivity contribution is 6.45. The Kier molecular flexibility index (Phi) is 3.48. The molecule has 88 valence electrons. The van der Waals surface area contributed by atoms with Gasteiger partial charge in [-0.1, -0.05) is 34.8 Å². The summed E-state index contributed by atoms with van der Waals surface area (Å²) < 4.78 is 0. The number of aromatic amines is 1. The van der Waals surface area contributed by atoms with Gasteiger partial charge >= 0.3 is 0 Å². The summed E-state index contributed by atoms with van der Waals surface area (Å²) in [6.45, 7) is 1.87. The molecular formula is C12H8Cl3NO. The van der Waals surface area contributed by atoms with Gasteiger partial charge in [-0.25, -0.2) is 0 Å².